The number of allylic oxidation sites excluding steroid dienone is 1. The van der Waals surface area contributed by atoms with Crippen molar-refractivity contribution in [3.8, 4) is 0 Å². The van der Waals surface area contributed by atoms with Crippen LogP contribution in [0.25, 0.3) is 0 Å². The van der Waals surface area contributed by atoms with E-state index in [1.807, 2.05) is 33.8 Å². The van der Waals surface area contributed by atoms with Gasteiger partial charge in [0.05, 0.1) is 36.1 Å². The zero-order valence-electron chi connectivity index (χ0n) is 25.3. The number of aliphatic hydroxyl groups is 6. The van der Waals surface area contributed by atoms with Gasteiger partial charge in [-0.1, -0.05) is 46.8 Å². The zero-order valence-corrected chi connectivity index (χ0v) is 28.1. The molecule has 4 aliphatic carbocycles. The summed E-state index contributed by atoms with van der Waals surface area (Å²) in [5.41, 5.74) is -4.20. The Hall–Kier alpha value is 0.370. The Labute approximate surface area is 266 Å². The Morgan fingerprint density at radius 1 is 1.02 bits per heavy atom. The van der Waals surface area contributed by atoms with Gasteiger partial charge in [-0.15, -0.1) is 0 Å². The zero-order chi connectivity index (χ0) is 30.1. The van der Waals surface area contributed by atoms with E-state index in [2.05, 4.69) is 11.1 Å². The predicted molar refractivity (Wildman–Crippen MR) is 145 cm³/mol. The van der Waals surface area contributed by atoms with Crippen molar-refractivity contribution in [1.29, 1.82) is 0 Å². The Balaban J connectivity index is 0.00000462. The fourth-order valence-electron chi connectivity index (χ4n) is 9.89. The van der Waals surface area contributed by atoms with Gasteiger partial charge in [0, 0.05) is 30.1 Å². The summed E-state index contributed by atoms with van der Waals surface area (Å²) in [5, 5.41) is 66.9. The molecule has 13 atom stereocenters. The Kier molecular flexibility index (Phi) is 10.7. The van der Waals surface area contributed by atoms with Crippen LogP contribution in [0.15, 0.2) is 12.2 Å². The SMILES string of the molecule is CC(C)C(/C=C/[C@@H](C)[C@H]1C[C@H](O)C2[C@]3(O)C[C@@H](O)[C@@]4(O)C[C@@H](O)CC[C@]4(C)C3CC[C@@]21C)C(CO)OS(=O)(=O)[O-].[Na+]. The summed E-state index contributed by atoms with van der Waals surface area (Å²) in [6.07, 6.45) is 2.43. The fraction of sp³-hybridized carbons (Fsp3) is 0.931. The summed E-state index contributed by atoms with van der Waals surface area (Å²) in [6.45, 7) is 9.06. The molecule has 4 unspecified atom stereocenters. The molecule has 0 radical (unpaired) electrons. The number of aliphatic hydroxyl groups excluding tert-OH is 4. The molecule has 0 bridgehead atoms. The molecule has 232 valence electrons. The van der Waals surface area contributed by atoms with E-state index in [1.54, 1.807) is 6.08 Å². The predicted octanol–water partition coefficient (Wildman–Crippen LogP) is -1.52. The van der Waals surface area contributed by atoms with Crippen molar-refractivity contribution in [1.82, 2.24) is 0 Å². The maximum atomic E-state index is 12.4. The molecule has 4 aliphatic rings. The second-order valence-corrected chi connectivity index (χ2v) is 15.2. The van der Waals surface area contributed by atoms with E-state index in [-0.39, 0.29) is 66.1 Å². The van der Waals surface area contributed by atoms with Crippen LogP contribution in [0.4, 0.5) is 0 Å². The molecule has 0 aliphatic heterocycles. The molecule has 0 aromatic heterocycles. The van der Waals surface area contributed by atoms with Crippen molar-refractivity contribution in [2.24, 2.45) is 46.3 Å². The monoisotopic (exact) mass is 612 g/mol. The minimum atomic E-state index is -5.00. The van der Waals surface area contributed by atoms with E-state index in [1.165, 1.54) is 0 Å². The molecule has 0 aromatic carbocycles. The molecule has 4 saturated carbocycles. The van der Waals surface area contributed by atoms with E-state index < -0.39 is 75.3 Å². The Morgan fingerprint density at radius 3 is 2.22 bits per heavy atom. The number of hydrogen-bond acceptors (Lipinski definition) is 10. The minimum Gasteiger partial charge on any atom is -0.726 e. The third kappa shape index (κ3) is 6.02. The largest absolute Gasteiger partial charge is 1.00 e. The van der Waals surface area contributed by atoms with Crippen LogP contribution >= 0.6 is 0 Å². The van der Waals surface area contributed by atoms with Gasteiger partial charge in [-0.3, -0.25) is 4.18 Å². The summed E-state index contributed by atoms with van der Waals surface area (Å²) in [7, 11) is -5.00. The number of fused-ring (bicyclic) bond motifs is 5. The average Bonchev–Trinajstić information content (AvgIpc) is 3.10. The van der Waals surface area contributed by atoms with E-state index in [9.17, 15) is 43.6 Å². The normalized spacial score (nSPS) is 46.8. The third-order valence-corrected chi connectivity index (χ3v) is 12.3. The van der Waals surface area contributed by atoms with Gasteiger partial charge < -0.3 is 35.2 Å². The average molecular weight is 613 g/mol. The van der Waals surface area contributed by atoms with Gasteiger partial charge >= 0.3 is 29.6 Å². The van der Waals surface area contributed by atoms with Crippen LogP contribution in [0.2, 0.25) is 0 Å². The smallest absolute Gasteiger partial charge is 0.726 e. The van der Waals surface area contributed by atoms with Crippen LogP contribution in [0.1, 0.15) is 79.6 Å². The quantitative estimate of drug-likeness (QED) is 0.0814. The molecule has 0 amide bonds. The van der Waals surface area contributed by atoms with Crippen LogP contribution in [0, 0.1) is 46.3 Å². The first-order valence-electron chi connectivity index (χ1n) is 14.8. The van der Waals surface area contributed by atoms with Crippen molar-refractivity contribution in [2.75, 3.05) is 6.61 Å². The first-order valence-corrected chi connectivity index (χ1v) is 16.1. The van der Waals surface area contributed by atoms with Crippen molar-refractivity contribution < 1.29 is 77.4 Å². The van der Waals surface area contributed by atoms with Gasteiger partial charge in [0.15, 0.2) is 0 Å². The molecule has 41 heavy (non-hydrogen) atoms. The van der Waals surface area contributed by atoms with Gasteiger partial charge in [-0.05, 0) is 61.2 Å². The van der Waals surface area contributed by atoms with Crippen LogP contribution in [-0.4, -0.2) is 85.8 Å². The van der Waals surface area contributed by atoms with Gasteiger partial charge in [-0.25, -0.2) is 8.42 Å². The van der Waals surface area contributed by atoms with Crippen LogP contribution in [-0.2, 0) is 14.6 Å². The van der Waals surface area contributed by atoms with E-state index in [0.717, 1.165) is 0 Å². The van der Waals surface area contributed by atoms with Crippen molar-refractivity contribution in [3.63, 3.8) is 0 Å². The molecule has 4 rings (SSSR count). The summed E-state index contributed by atoms with van der Waals surface area (Å²) in [4.78, 5) is 0. The van der Waals surface area contributed by atoms with E-state index in [4.69, 9.17) is 0 Å². The summed E-state index contributed by atoms with van der Waals surface area (Å²) in [6, 6.07) is 0. The number of rotatable bonds is 8. The molecular weight excluding hydrogens is 563 g/mol. The van der Waals surface area contributed by atoms with Crippen molar-refractivity contribution >= 4 is 10.4 Å². The van der Waals surface area contributed by atoms with Crippen LogP contribution in [0.5, 0.6) is 0 Å². The van der Waals surface area contributed by atoms with Gasteiger partial charge in [0.2, 0.25) is 10.4 Å². The van der Waals surface area contributed by atoms with Crippen molar-refractivity contribution in [3.05, 3.63) is 12.2 Å². The van der Waals surface area contributed by atoms with Crippen molar-refractivity contribution in [2.45, 2.75) is 115 Å². The van der Waals surface area contributed by atoms with Gasteiger partial charge in [0.25, 0.3) is 0 Å². The minimum absolute atomic E-state index is 0. The molecule has 0 heterocycles. The van der Waals surface area contributed by atoms with Crippen LogP contribution < -0.4 is 29.6 Å². The summed E-state index contributed by atoms with van der Waals surface area (Å²) >= 11 is 0. The maximum Gasteiger partial charge on any atom is 1.00 e. The first kappa shape index (κ1) is 35.8. The molecule has 0 aromatic rings. The third-order valence-electron chi connectivity index (χ3n) is 11.8. The molecule has 0 spiro atoms. The Morgan fingerprint density at radius 2 is 1.66 bits per heavy atom. The van der Waals surface area contributed by atoms with Gasteiger partial charge in [-0.2, -0.15) is 0 Å². The fourth-order valence-corrected chi connectivity index (χ4v) is 10.4. The standard InChI is InChI=1S/C29H50O10S.Na/c1-16(2)19(22(15-30)39-40(36,37)38)7-6-17(3)20-12-21(32)25-26(20,4)10-9-23-27(5)11-8-18(31)13-29(27,35)24(33)14-28(23,25)34;/h6-7,16-25,30-35H,8-15H2,1-5H3,(H,36,37,38);/q;+1/p-1/b7-6+;/t17-,18+,19?,20-,21+,22?,23?,24-,25?,26-,27-,28+,29+;/m1./s1. The molecular formula is C29H49NaO10S. The molecule has 12 heteroatoms. The Bertz CT molecular complexity index is 1070. The molecule has 4 fully saturated rings. The van der Waals surface area contributed by atoms with E-state index >= 15 is 0 Å². The number of hydrogen-bond donors (Lipinski definition) is 6. The second-order valence-electron chi connectivity index (χ2n) is 14.2. The first-order chi connectivity index (χ1) is 18.3. The summed E-state index contributed by atoms with van der Waals surface area (Å²) in [5.74, 6) is -1.69. The molecule has 6 N–H and O–H groups in total. The second kappa shape index (κ2) is 12.3. The molecule has 0 saturated heterocycles. The maximum absolute atomic E-state index is 12.4. The topological polar surface area (TPSA) is 188 Å². The molecule has 10 nitrogen and oxygen atoms in total. The van der Waals surface area contributed by atoms with Crippen LogP contribution in [0.3, 0.4) is 0 Å². The van der Waals surface area contributed by atoms with Gasteiger partial charge in [0.1, 0.15) is 6.10 Å². The summed E-state index contributed by atoms with van der Waals surface area (Å²) < 4.78 is 38.3. The van der Waals surface area contributed by atoms with E-state index in [0.29, 0.717) is 32.1 Å².